The Balaban J connectivity index is 2.98. The van der Waals surface area contributed by atoms with Crippen LogP contribution in [-0.2, 0) is 0 Å². The summed E-state index contributed by atoms with van der Waals surface area (Å²) in [6, 6.07) is 5.39. The first-order valence-corrected chi connectivity index (χ1v) is 5.15. The van der Waals surface area contributed by atoms with Gasteiger partial charge in [-0.3, -0.25) is 0 Å². The molecule has 78 valence electrons. The molecule has 0 atom stereocenters. The van der Waals surface area contributed by atoms with Gasteiger partial charge in [0.25, 0.3) is 0 Å². The highest BCUT2D eigenvalue weighted by atomic mass is 35.5. The molecule has 0 unspecified atom stereocenters. The number of benzene rings is 1. The van der Waals surface area contributed by atoms with Gasteiger partial charge in [0.05, 0.1) is 13.7 Å². The summed E-state index contributed by atoms with van der Waals surface area (Å²) in [5.74, 6) is 1.35. The third kappa shape index (κ3) is 2.69. The molecule has 0 amide bonds. The van der Waals surface area contributed by atoms with Crippen LogP contribution in [0.15, 0.2) is 18.2 Å². The molecule has 0 radical (unpaired) electrons. The monoisotopic (exact) mass is 234 g/mol. The third-order valence-corrected chi connectivity index (χ3v) is 2.24. The Kier molecular flexibility index (Phi) is 4.36. The van der Waals surface area contributed by atoms with Crippen molar-refractivity contribution in [3.63, 3.8) is 0 Å². The van der Waals surface area contributed by atoms with Gasteiger partial charge in [-0.1, -0.05) is 6.07 Å². The van der Waals surface area contributed by atoms with Crippen LogP contribution in [-0.4, -0.2) is 13.7 Å². The summed E-state index contributed by atoms with van der Waals surface area (Å²) in [6.45, 7) is 2.51. The van der Waals surface area contributed by atoms with Gasteiger partial charge in [-0.05, 0) is 24.6 Å². The van der Waals surface area contributed by atoms with Crippen molar-refractivity contribution in [1.29, 1.82) is 0 Å². The Morgan fingerprint density at radius 2 is 2.00 bits per heavy atom. The van der Waals surface area contributed by atoms with Gasteiger partial charge < -0.3 is 9.47 Å². The molecule has 0 aliphatic heterocycles. The van der Waals surface area contributed by atoms with E-state index in [4.69, 9.17) is 32.7 Å². The molecule has 0 aliphatic carbocycles. The Bertz CT molecular complexity index is 300. The maximum Gasteiger partial charge on any atom is 0.161 e. The van der Waals surface area contributed by atoms with Crippen molar-refractivity contribution in [2.45, 2.75) is 11.8 Å². The zero-order valence-electron chi connectivity index (χ0n) is 8.09. The van der Waals surface area contributed by atoms with Gasteiger partial charge >= 0.3 is 0 Å². The highest BCUT2D eigenvalue weighted by Gasteiger charge is 2.09. The van der Waals surface area contributed by atoms with Crippen LogP contribution in [0.2, 0.25) is 0 Å². The Hall–Kier alpha value is -0.600. The average molecular weight is 235 g/mol. The van der Waals surface area contributed by atoms with Crippen LogP contribution in [0.25, 0.3) is 0 Å². The van der Waals surface area contributed by atoms with Crippen LogP contribution in [0, 0.1) is 0 Å². The second kappa shape index (κ2) is 5.32. The van der Waals surface area contributed by atoms with E-state index >= 15 is 0 Å². The zero-order chi connectivity index (χ0) is 10.6. The Morgan fingerprint density at radius 1 is 1.29 bits per heavy atom. The van der Waals surface area contributed by atoms with E-state index in [2.05, 4.69) is 0 Å². The number of methoxy groups -OCH3 is 1. The van der Waals surface area contributed by atoms with Gasteiger partial charge in [-0.25, -0.2) is 0 Å². The number of hydrogen-bond acceptors (Lipinski definition) is 2. The van der Waals surface area contributed by atoms with Crippen LogP contribution in [0.5, 0.6) is 11.5 Å². The fourth-order valence-corrected chi connectivity index (χ4v) is 1.37. The fourth-order valence-electron chi connectivity index (χ4n) is 1.09. The molecule has 0 saturated heterocycles. The van der Waals surface area contributed by atoms with E-state index in [1.165, 1.54) is 0 Å². The lowest BCUT2D eigenvalue weighted by Crippen LogP contribution is -1.96. The van der Waals surface area contributed by atoms with Crippen molar-refractivity contribution in [1.82, 2.24) is 0 Å². The number of rotatable bonds is 4. The summed E-state index contributed by atoms with van der Waals surface area (Å²) in [7, 11) is 1.58. The molecule has 14 heavy (non-hydrogen) atoms. The van der Waals surface area contributed by atoms with Crippen LogP contribution in [0.4, 0.5) is 0 Å². The molecule has 0 saturated carbocycles. The van der Waals surface area contributed by atoms with Gasteiger partial charge in [-0.2, -0.15) is 0 Å². The minimum absolute atomic E-state index is 0.542. The number of ether oxygens (including phenoxy) is 2. The highest BCUT2D eigenvalue weighted by molar-refractivity contribution is 6.44. The maximum absolute atomic E-state index is 5.73. The number of hydrogen-bond donors (Lipinski definition) is 0. The average Bonchev–Trinajstić information content (AvgIpc) is 2.18. The van der Waals surface area contributed by atoms with Gasteiger partial charge in [0.1, 0.15) is 4.84 Å². The SMILES string of the molecule is CCOc1ccc(C(Cl)Cl)cc1OC. The summed E-state index contributed by atoms with van der Waals surface area (Å²) < 4.78 is 10.5. The molecule has 0 aromatic heterocycles. The van der Waals surface area contributed by atoms with Gasteiger partial charge in [0, 0.05) is 0 Å². The predicted molar refractivity (Wildman–Crippen MR) is 58.6 cm³/mol. The standard InChI is InChI=1S/C10H12Cl2O2/c1-3-14-8-5-4-7(10(11)12)6-9(8)13-2/h4-6,10H,3H2,1-2H3. The first kappa shape index (κ1) is 11.5. The molecule has 0 heterocycles. The van der Waals surface area contributed by atoms with Crippen molar-refractivity contribution in [3.05, 3.63) is 23.8 Å². The smallest absolute Gasteiger partial charge is 0.161 e. The second-order valence-electron chi connectivity index (χ2n) is 2.64. The molecule has 4 heteroatoms. The van der Waals surface area contributed by atoms with E-state index in [0.29, 0.717) is 18.1 Å². The van der Waals surface area contributed by atoms with Crippen molar-refractivity contribution in [2.75, 3.05) is 13.7 Å². The quantitative estimate of drug-likeness (QED) is 0.742. The molecule has 0 fully saturated rings. The molecule has 1 aromatic rings. The predicted octanol–water partition coefficient (Wildman–Crippen LogP) is 3.57. The zero-order valence-corrected chi connectivity index (χ0v) is 9.60. The molecular formula is C10H12Cl2O2. The number of halogens is 2. The molecule has 0 bridgehead atoms. The van der Waals surface area contributed by atoms with E-state index in [1.807, 2.05) is 13.0 Å². The fraction of sp³-hybridized carbons (Fsp3) is 0.400. The molecule has 0 N–H and O–H groups in total. The number of alkyl halides is 2. The lowest BCUT2D eigenvalue weighted by molar-refractivity contribution is 0.311. The lowest BCUT2D eigenvalue weighted by Gasteiger charge is -2.11. The van der Waals surface area contributed by atoms with Gasteiger partial charge in [0.15, 0.2) is 11.5 Å². The van der Waals surface area contributed by atoms with Crippen molar-refractivity contribution in [3.8, 4) is 11.5 Å². The van der Waals surface area contributed by atoms with Crippen LogP contribution in [0.3, 0.4) is 0 Å². The first-order chi connectivity index (χ1) is 6.69. The molecular weight excluding hydrogens is 223 g/mol. The third-order valence-electron chi connectivity index (χ3n) is 1.74. The molecule has 0 aliphatic rings. The van der Waals surface area contributed by atoms with E-state index in [0.717, 1.165) is 5.56 Å². The van der Waals surface area contributed by atoms with Crippen molar-refractivity contribution >= 4 is 23.2 Å². The highest BCUT2D eigenvalue weighted by Crippen LogP contribution is 2.33. The summed E-state index contributed by atoms with van der Waals surface area (Å²) in [4.78, 5) is -0.542. The van der Waals surface area contributed by atoms with E-state index in [9.17, 15) is 0 Å². The van der Waals surface area contributed by atoms with Crippen LogP contribution in [0.1, 0.15) is 17.3 Å². The molecule has 1 rings (SSSR count). The molecule has 0 spiro atoms. The van der Waals surface area contributed by atoms with Gasteiger partial charge in [0.2, 0.25) is 0 Å². The first-order valence-electron chi connectivity index (χ1n) is 4.28. The van der Waals surface area contributed by atoms with Crippen molar-refractivity contribution in [2.24, 2.45) is 0 Å². The summed E-state index contributed by atoms with van der Waals surface area (Å²) in [5, 5.41) is 0. The van der Waals surface area contributed by atoms with Crippen LogP contribution < -0.4 is 9.47 Å². The normalized spacial score (nSPS) is 10.4. The minimum atomic E-state index is -0.542. The van der Waals surface area contributed by atoms with Crippen LogP contribution >= 0.6 is 23.2 Å². The maximum atomic E-state index is 5.73. The lowest BCUT2D eigenvalue weighted by atomic mass is 10.2. The van der Waals surface area contributed by atoms with E-state index in [1.54, 1.807) is 19.2 Å². The summed E-state index contributed by atoms with van der Waals surface area (Å²) >= 11 is 11.5. The Morgan fingerprint density at radius 3 is 2.50 bits per heavy atom. The van der Waals surface area contributed by atoms with Gasteiger partial charge in [-0.15, -0.1) is 23.2 Å². The largest absolute Gasteiger partial charge is 0.493 e. The minimum Gasteiger partial charge on any atom is -0.493 e. The van der Waals surface area contributed by atoms with E-state index in [-0.39, 0.29) is 0 Å². The Labute approximate surface area is 93.7 Å². The topological polar surface area (TPSA) is 18.5 Å². The molecule has 2 nitrogen and oxygen atoms in total. The van der Waals surface area contributed by atoms with E-state index < -0.39 is 4.84 Å². The van der Waals surface area contributed by atoms with Crippen molar-refractivity contribution < 1.29 is 9.47 Å². The summed E-state index contributed by atoms with van der Waals surface area (Å²) in [5.41, 5.74) is 0.800. The summed E-state index contributed by atoms with van der Waals surface area (Å²) in [6.07, 6.45) is 0. The second-order valence-corrected chi connectivity index (χ2v) is 3.74. The molecule has 1 aromatic carbocycles.